The molecule has 1 aromatic heterocycles. The summed E-state index contributed by atoms with van der Waals surface area (Å²) >= 11 is 22.0. The van der Waals surface area contributed by atoms with Gasteiger partial charge in [-0.15, -0.1) is 11.3 Å². The van der Waals surface area contributed by atoms with Crippen LogP contribution in [0.2, 0.25) is 0 Å². The molecule has 0 saturated heterocycles. The first-order valence-corrected chi connectivity index (χ1v) is 13.4. The molecule has 1 heterocycles. The Morgan fingerprint density at radius 3 is 1.53 bits per heavy atom. The van der Waals surface area contributed by atoms with Gasteiger partial charge in [0.2, 0.25) is 0 Å². The fraction of sp³-hybridized carbons (Fsp3) is 0.0870. The highest BCUT2D eigenvalue weighted by atomic mass is 79.9. The third-order valence-corrected chi connectivity index (χ3v) is 8.10. The summed E-state index contributed by atoms with van der Waals surface area (Å²) < 4.78 is 7.15. The van der Waals surface area contributed by atoms with Gasteiger partial charge >= 0.3 is 0 Å². The van der Waals surface area contributed by atoms with Crippen molar-refractivity contribution in [2.45, 2.75) is 13.8 Å². The highest BCUT2D eigenvalue weighted by molar-refractivity contribution is 9.11. The standard InChI is InChI=1S/C23H15Br4NS2/c1-12-13(2)30-23(29)28(12)22-20(14-6-16(24)10-17(25)7-14)4-3-5-21(22)15-8-18(26)11-19(27)9-15/h3-11H,1-2H3. The normalized spacial score (nSPS) is 11.1. The number of aryl methyl sites for hydroxylation is 1. The molecular weight excluding hydrogens is 674 g/mol. The molecule has 0 N–H and O–H groups in total. The molecule has 152 valence electrons. The van der Waals surface area contributed by atoms with E-state index in [1.807, 2.05) is 12.1 Å². The number of hydrogen-bond donors (Lipinski definition) is 0. The zero-order chi connectivity index (χ0) is 21.6. The molecule has 0 aliphatic carbocycles. The third-order valence-electron chi connectivity index (χ3n) is 4.87. The van der Waals surface area contributed by atoms with E-state index in [2.05, 4.69) is 125 Å². The summed E-state index contributed by atoms with van der Waals surface area (Å²) in [7, 11) is 0. The maximum atomic E-state index is 5.81. The van der Waals surface area contributed by atoms with Gasteiger partial charge in [0.15, 0.2) is 3.95 Å². The molecular formula is C23H15Br4NS2. The molecule has 7 heteroatoms. The average molecular weight is 689 g/mol. The van der Waals surface area contributed by atoms with E-state index in [1.165, 1.54) is 10.6 Å². The lowest BCUT2D eigenvalue weighted by Gasteiger charge is -2.19. The van der Waals surface area contributed by atoms with Crippen molar-refractivity contribution in [3.05, 3.63) is 87.0 Å². The zero-order valence-electron chi connectivity index (χ0n) is 16.0. The molecule has 0 aliphatic rings. The Labute approximate surface area is 218 Å². The Bertz CT molecular complexity index is 1230. The largest absolute Gasteiger partial charge is 0.295 e. The van der Waals surface area contributed by atoms with E-state index in [4.69, 9.17) is 12.2 Å². The van der Waals surface area contributed by atoms with Crippen LogP contribution in [0.3, 0.4) is 0 Å². The number of nitrogens with zero attached hydrogens (tertiary/aromatic N) is 1. The lowest BCUT2D eigenvalue weighted by molar-refractivity contribution is 0.998. The molecule has 4 aromatic rings. The van der Waals surface area contributed by atoms with Gasteiger partial charge in [-0.2, -0.15) is 0 Å². The van der Waals surface area contributed by atoms with E-state index in [0.717, 1.165) is 49.8 Å². The van der Waals surface area contributed by atoms with E-state index in [1.54, 1.807) is 11.3 Å². The number of thiazole rings is 1. The number of hydrogen-bond acceptors (Lipinski definition) is 2. The monoisotopic (exact) mass is 685 g/mol. The quantitative estimate of drug-likeness (QED) is 0.194. The minimum absolute atomic E-state index is 0.849. The first-order valence-electron chi connectivity index (χ1n) is 9.00. The van der Waals surface area contributed by atoms with Crippen molar-refractivity contribution in [2.24, 2.45) is 0 Å². The van der Waals surface area contributed by atoms with E-state index in [-0.39, 0.29) is 0 Å². The minimum Gasteiger partial charge on any atom is -0.295 e. The van der Waals surface area contributed by atoms with Crippen LogP contribution in [0.1, 0.15) is 10.6 Å². The molecule has 0 saturated carbocycles. The summed E-state index contributed by atoms with van der Waals surface area (Å²) in [6, 6.07) is 19.1. The Balaban J connectivity index is 2.13. The van der Waals surface area contributed by atoms with Gasteiger partial charge in [0.25, 0.3) is 0 Å². The van der Waals surface area contributed by atoms with Crippen LogP contribution in [-0.4, -0.2) is 4.57 Å². The van der Waals surface area contributed by atoms with Crippen LogP contribution < -0.4 is 0 Å². The highest BCUT2D eigenvalue weighted by Gasteiger charge is 2.19. The van der Waals surface area contributed by atoms with Crippen molar-refractivity contribution in [1.82, 2.24) is 4.57 Å². The fourth-order valence-corrected chi connectivity index (χ4v) is 7.48. The van der Waals surface area contributed by atoms with E-state index >= 15 is 0 Å². The third kappa shape index (κ3) is 4.48. The Hall–Kier alpha value is -0.570. The lowest BCUT2D eigenvalue weighted by atomic mass is 9.95. The Morgan fingerprint density at radius 1 is 0.733 bits per heavy atom. The average Bonchev–Trinajstić information content (AvgIpc) is 2.91. The number of halogens is 4. The van der Waals surface area contributed by atoms with Crippen LogP contribution in [0.25, 0.3) is 27.9 Å². The van der Waals surface area contributed by atoms with Crippen molar-refractivity contribution >= 4 is 87.3 Å². The summed E-state index contributed by atoms with van der Waals surface area (Å²) in [6.07, 6.45) is 0. The summed E-state index contributed by atoms with van der Waals surface area (Å²) in [5.74, 6) is 0. The van der Waals surface area contributed by atoms with Crippen LogP contribution in [-0.2, 0) is 0 Å². The Kier molecular flexibility index (Phi) is 6.88. The molecule has 0 bridgehead atoms. The summed E-state index contributed by atoms with van der Waals surface area (Å²) in [5.41, 5.74) is 6.76. The first-order chi connectivity index (χ1) is 14.2. The van der Waals surface area contributed by atoms with Gasteiger partial charge in [-0.25, -0.2) is 0 Å². The number of rotatable bonds is 3. The predicted octanol–water partition coefficient (Wildman–Crippen LogP) is 10.3. The van der Waals surface area contributed by atoms with Crippen LogP contribution in [0.5, 0.6) is 0 Å². The van der Waals surface area contributed by atoms with Gasteiger partial charge in [0.1, 0.15) is 0 Å². The second kappa shape index (κ2) is 9.12. The SMILES string of the molecule is Cc1sc(=S)n(-c2c(-c3cc(Br)cc(Br)c3)cccc2-c2cc(Br)cc(Br)c2)c1C. The van der Waals surface area contributed by atoms with E-state index in [0.29, 0.717) is 0 Å². The molecule has 30 heavy (non-hydrogen) atoms. The highest BCUT2D eigenvalue weighted by Crippen LogP contribution is 2.40. The van der Waals surface area contributed by atoms with Gasteiger partial charge in [-0.3, -0.25) is 4.57 Å². The number of para-hydroxylation sites is 1. The zero-order valence-corrected chi connectivity index (χ0v) is 23.9. The maximum Gasteiger partial charge on any atom is 0.166 e. The van der Waals surface area contributed by atoms with Gasteiger partial charge in [0.05, 0.1) is 5.69 Å². The molecule has 0 amide bonds. The van der Waals surface area contributed by atoms with Crippen LogP contribution in [0.15, 0.2) is 72.5 Å². The topological polar surface area (TPSA) is 4.93 Å². The van der Waals surface area contributed by atoms with Crippen LogP contribution in [0.4, 0.5) is 0 Å². The van der Waals surface area contributed by atoms with Gasteiger partial charge < -0.3 is 0 Å². The predicted molar refractivity (Wildman–Crippen MR) is 146 cm³/mol. The van der Waals surface area contributed by atoms with Crippen molar-refractivity contribution in [2.75, 3.05) is 0 Å². The molecule has 0 spiro atoms. The van der Waals surface area contributed by atoms with Gasteiger partial charge in [0, 0.05) is 39.6 Å². The smallest absolute Gasteiger partial charge is 0.166 e. The van der Waals surface area contributed by atoms with Gasteiger partial charge in [-0.1, -0.05) is 81.9 Å². The molecule has 1 nitrogen and oxygen atoms in total. The molecule has 0 atom stereocenters. The molecule has 4 rings (SSSR count). The second-order valence-corrected chi connectivity index (χ2v) is 12.4. The summed E-state index contributed by atoms with van der Waals surface area (Å²) in [5, 5.41) is 0. The van der Waals surface area contributed by atoms with Crippen molar-refractivity contribution in [3.8, 4) is 27.9 Å². The molecule has 3 aromatic carbocycles. The number of aromatic nitrogens is 1. The molecule has 0 unspecified atom stereocenters. The lowest BCUT2D eigenvalue weighted by Crippen LogP contribution is -2.03. The number of benzene rings is 3. The second-order valence-electron chi connectivity index (χ2n) is 6.86. The first kappa shape index (κ1) is 22.6. The van der Waals surface area contributed by atoms with Crippen molar-refractivity contribution in [3.63, 3.8) is 0 Å². The molecule has 0 aliphatic heterocycles. The van der Waals surface area contributed by atoms with Crippen LogP contribution >= 0.6 is 87.3 Å². The molecule has 0 fully saturated rings. The Morgan fingerprint density at radius 2 is 1.17 bits per heavy atom. The van der Waals surface area contributed by atoms with E-state index in [9.17, 15) is 0 Å². The summed E-state index contributed by atoms with van der Waals surface area (Å²) in [6.45, 7) is 4.26. The maximum absolute atomic E-state index is 5.81. The van der Waals surface area contributed by atoms with E-state index < -0.39 is 0 Å². The summed E-state index contributed by atoms with van der Waals surface area (Å²) in [4.78, 5) is 1.23. The van der Waals surface area contributed by atoms with Crippen molar-refractivity contribution < 1.29 is 0 Å². The van der Waals surface area contributed by atoms with Crippen LogP contribution in [0, 0.1) is 17.8 Å². The fourth-order valence-electron chi connectivity index (χ4n) is 3.47. The minimum atomic E-state index is 0.849. The molecule has 0 radical (unpaired) electrons. The van der Waals surface area contributed by atoms with Crippen molar-refractivity contribution in [1.29, 1.82) is 0 Å². The van der Waals surface area contributed by atoms with Gasteiger partial charge in [-0.05, 0) is 73.6 Å².